The number of rotatable bonds is 10. The average molecular weight is 1300 g/mol. The van der Waals surface area contributed by atoms with Gasteiger partial charge in [0.2, 0.25) is 28.6 Å². The smallest absolute Gasteiger partial charge is 0.230 e. The van der Waals surface area contributed by atoms with Gasteiger partial charge in [-0.3, -0.25) is 33.6 Å². The molecule has 0 saturated carbocycles. The summed E-state index contributed by atoms with van der Waals surface area (Å²) in [5.74, 6) is 3.87. The zero-order valence-corrected chi connectivity index (χ0v) is 65.7. The lowest BCUT2D eigenvalue weighted by atomic mass is 9.71. The number of thiophene rings is 1. The van der Waals surface area contributed by atoms with E-state index in [0.717, 1.165) is 40.5 Å². The van der Waals surface area contributed by atoms with E-state index in [2.05, 4.69) is 145 Å². The van der Waals surface area contributed by atoms with Crippen molar-refractivity contribution in [2.75, 3.05) is 0 Å². The van der Waals surface area contributed by atoms with Gasteiger partial charge in [0.05, 0.1) is 21.2 Å². The van der Waals surface area contributed by atoms with E-state index in [9.17, 15) is 33.6 Å². The highest BCUT2D eigenvalue weighted by Crippen LogP contribution is 2.36. The summed E-state index contributed by atoms with van der Waals surface area (Å²) >= 11 is 6.46. The van der Waals surface area contributed by atoms with Crippen LogP contribution in [0.4, 0.5) is 0 Å². The molecule has 14 nitrogen and oxygen atoms in total. The Kier molecular flexibility index (Phi) is 34.1. The van der Waals surface area contributed by atoms with E-state index in [1.807, 2.05) is 145 Å². The maximum absolute atomic E-state index is 12.1. The van der Waals surface area contributed by atoms with Crippen LogP contribution < -0.4 is 37.4 Å². The van der Waals surface area contributed by atoms with Gasteiger partial charge in [0, 0.05) is 79.8 Å². The Hall–Kier alpha value is -4.22. The molecule has 1 aromatic heterocycles. The van der Waals surface area contributed by atoms with E-state index in [0.29, 0.717) is 34.4 Å². The predicted octanol–water partition coefficient (Wildman–Crippen LogP) is 17.1. The van der Waals surface area contributed by atoms with Crippen LogP contribution in [0.2, 0.25) is 0 Å². The van der Waals surface area contributed by atoms with Gasteiger partial charge >= 0.3 is 0 Å². The number of hydrogen-bond donors (Lipinski definition) is 5. The summed E-state index contributed by atoms with van der Waals surface area (Å²) in [7, 11) is -0.400. The van der Waals surface area contributed by atoms with Crippen LogP contribution in [0, 0.1) is 27.1 Å². The number of ketones is 2. The SMILES string of the molecule is C=S1N=C(C(C)(C)C)C(C(C)(C)C)=N1.CC(C)(C)CC(=O)c1ccc(C(=O)CC(C)(C)C)s1.CC(C)(C)CCCCC(=O)NC(C)(C)C.CC(C)(C)NC(=O)CC(=O)NC(C)(C)C.CC(C)(C)NC(=S)NC(C)(C)C.CC(C)(C)c1c(C(C)(C)C)c(=O)c1=O. The highest BCUT2D eigenvalue weighted by Gasteiger charge is 2.37. The topological polar surface area (TPSA) is 204 Å². The van der Waals surface area contributed by atoms with Crippen LogP contribution in [0.25, 0.3) is 0 Å². The van der Waals surface area contributed by atoms with Gasteiger partial charge in [-0.05, 0) is 174 Å². The van der Waals surface area contributed by atoms with Crippen molar-refractivity contribution in [2.45, 2.75) is 333 Å². The second-order valence-corrected chi connectivity index (χ2v) is 39.1. The summed E-state index contributed by atoms with van der Waals surface area (Å²) < 4.78 is 9.07. The monoisotopic (exact) mass is 1300 g/mol. The number of Topliss-reactive ketones (excluding diaryl/α,β-unsaturated/α-hetero) is 2. The molecule has 1 aromatic carbocycles. The minimum atomic E-state index is -0.400. The molecule has 5 N–H and O–H groups in total. The molecule has 0 spiro atoms. The van der Waals surface area contributed by atoms with E-state index < -0.39 is 10.9 Å². The molecule has 0 aliphatic carbocycles. The van der Waals surface area contributed by atoms with Crippen molar-refractivity contribution < 1.29 is 24.0 Å². The minimum Gasteiger partial charge on any atom is -0.358 e. The summed E-state index contributed by atoms with van der Waals surface area (Å²) in [6, 6.07) is 3.57. The van der Waals surface area contributed by atoms with E-state index in [1.165, 1.54) is 17.8 Å². The molecule has 0 atom stereocenters. The molecule has 0 bridgehead atoms. The highest BCUT2D eigenvalue weighted by atomic mass is 32.2. The maximum Gasteiger partial charge on any atom is 0.230 e. The van der Waals surface area contributed by atoms with Crippen LogP contribution in [0.15, 0.2) is 30.5 Å². The largest absolute Gasteiger partial charge is 0.358 e. The van der Waals surface area contributed by atoms with E-state index in [1.54, 1.807) is 12.1 Å². The van der Waals surface area contributed by atoms with Crippen molar-refractivity contribution in [2.24, 2.45) is 35.9 Å². The van der Waals surface area contributed by atoms with Crippen molar-refractivity contribution in [3.8, 4) is 0 Å². The van der Waals surface area contributed by atoms with E-state index >= 15 is 0 Å². The molecule has 2 aromatic rings. The highest BCUT2D eigenvalue weighted by molar-refractivity contribution is 8.12. The van der Waals surface area contributed by atoms with E-state index in [4.69, 9.17) is 12.2 Å². The van der Waals surface area contributed by atoms with E-state index in [-0.39, 0.29) is 107 Å². The Morgan fingerprint density at radius 1 is 0.427 bits per heavy atom. The molecular formula is C72H131N7O7S3. The molecule has 0 unspecified atom stereocenters. The van der Waals surface area contributed by atoms with Gasteiger partial charge in [-0.1, -0.05) is 152 Å². The lowest BCUT2D eigenvalue weighted by molar-refractivity contribution is -0.131. The minimum absolute atomic E-state index is 0.0172. The van der Waals surface area contributed by atoms with Gasteiger partial charge < -0.3 is 26.6 Å². The molecule has 17 heteroatoms. The Labute approximate surface area is 555 Å². The summed E-state index contributed by atoms with van der Waals surface area (Å²) in [5, 5.41) is 15.6. The lowest BCUT2D eigenvalue weighted by Crippen LogP contribution is -2.51. The summed E-state index contributed by atoms with van der Waals surface area (Å²) in [5.41, 5.74) is 2.58. The molecule has 1 aliphatic heterocycles. The van der Waals surface area contributed by atoms with Crippen LogP contribution in [0.5, 0.6) is 0 Å². The van der Waals surface area contributed by atoms with Crippen LogP contribution >= 0.6 is 34.4 Å². The fourth-order valence-electron chi connectivity index (χ4n) is 8.10. The number of nitrogens with zero attached hydrogens (tertiary/aromatic N) is 2. The lowest BCUT2D eigenvalue weighted by Gasteiger charge is -2.30. The van der Waals surface area contributed by atoms with Gasteiger partial charge in [0.15, 0.2) is 16.7 Å². The van der Waals surface area contributed by atoms with Crippen molar-refractivity contribution >= 4 is 86.1 Å². The molecular weight excluding hydrogens is 1170 g/mol. The molecule has 1 aliphatic rings. The van der Waals surface area contributed by atoms with Crippen LogP contribution in [-0.2, 0) is 25.2 Å². The number of carbonyl (C=O) groups excluding carboxylic acids is 5. The van der Waals surface area contributed by atoms with Crippen molar-refractivity contribution in [3.05, 3.63) is 53.5 Å². The number of nitrogens with one attached hydrogen (secondary N) is 5. The predicted molar refractivity (Wildman–Crippen MR) is 393 cm³/mol. The molecule has 514 valence electrons. The first kappa shape index (κ1) is 89.0. The fraction of sp³-hybridized carbons (Fsp3) is 0.764. The fourth-order valence-corrected chi connectivity index (χ4v) is 10.8. The van der Waals surface area contributed by atoms with Gasteiger partial charge in [-0.15, -0.1) is 11.3 Å². The van der Waals surface area contributed by atoms with Gasteiger partial charge in [0.1, 0.15) is 6.42 Å². The Bertz CT molecular complexity index is 2630. The third-order valence-corrected chi connectivity index (χ3v) is 13.6. The standard InChI is InChI=1S/C16H24O2S.C13H27NO.C12H18O2.C11H22N2O2.C11H20N2S.C9H20N2S/c1-15(2,3)9-11(17)13-7-8-14(19-13)12(18)10-16(4,5)6;1-12(2,3)10-8-7-9-11(15)14-13(4,5)6;1-11(2,3)7-8(12(4,5)6)10(14)9(7)13;1-10(2,3)12-8(14)7-9(15)13-11(4,5)6;1-10(2,3)8-9(11(4,5)6)13-14(7)12-8;1-8(2,3)10-7(12)11-9(4,5)6/h7-8H,9-10H2,1-6H3;7-10H2,1-6H3,(H,14,15);1-6H3;7H2,1-6H3,(H,12,14)(H,13,15);7H2,1-6H3;1-6H3,(H2,10,11,12). The molecule has 3 amide bonds. The number of amides is 3. The third kappa shape index (κ3) is 44.8. The molecule has 0 fully saturated rings. The first-order valence-electron chi connectivity index (χ1n) is 31.6. The second kappa shape index (κ2) is 34.1. The third-order valence-electron chi connectivity index (χ3n) is 11.4. The summed E-state index contributed by atoms with van der Waals surface area (Å²) in [6.45, 7) is 73.7. The molecule has 3 rings (SSSR count). The average Bonchev–Trinajstić information content (AvgIpc) is 1.49. The molecule has 2 heterocycles. The van der Waals surface area contributed by atoms with Crippen LogP contribution in [0.3, 0.4) is 0 Å². The molecule has 0 radical (unpaired) electrons. The van der Waals surface area contributed by atoms with Gasteiger partial charge in [-0.25, -0.2) is 8.80 Å². The van der Waals surface area contributed by atoms with Crippen molar-refractivity contribution in [1.82, 2.24) is 26.6 Å². The van der Waals surface area contributed by atoms with Crippen molar-refractivity contribution in [1.29, 1.82) is 0 Å². The normalized spacial score (nSPS) is 13.8. The molecule has 89 heavy (non-hydrogen) atoms. The molecule has 0 saturated heterocycles. The number of hydrogen-bond acceptors (Lipinski definition) is 11. The zero-order chi connectivity index (χ0) is 71.7. The van der Waals surface area contributed by atoms with Crippen LogP contribution in [0.1, 0.15) is 325 Å². The zero-order valence-electron chi connectivity index (χ0n) is 63.3. The number of thiocarbonyl (C=S) groups is 1. The van der Waals surface area contributed by atoms with Crippen molar-refractivity contribution in [3.63, 3.8) is 0 Å². The quantitative estimate of drug-likeness (QED) is 0.0500. The second-order valence-electron chi connectivity index (χ2n) is 36.5. The number of unbranched alkanes of at least 4 members (excludes halogenated alkanes) is 1. The van der Waals surface area contributed by atoms with Gasteiger partial charge in [0.25, 0.3) is 0 Å². The summed E-state index contributed by atoms with van der Waals surface area (Å²) in [6.07, 6.45) is 4.90. The van der Waals surface area contributed by atoms with Crippen LogP contribution in [-0.4, -0.2) is 79.4 Å². The maximum atomic E-state index is 12.1. The number of carbonyl (C=O) groups is 5. The summed E-state index contributed by atoms with van der Waals surface area (Å²) in [4.78, 5) is 82.7. The Morgan fingerprint density at radius 2 is 0.708 bits per heavy atom. The first-order valence-corrected chi connectivity index (χ1v) is 34.2. The Morgan fingerprint density at radius 3 is 0.944 bits per heavy atom. The van der Waals surface area contributed by atoms with Gasteiger partial charge in [-0.2, -0.15) is 0 Å². The first-order chi connectivity index (χ1) is 38.9. The Balaban J connectivity index is -0.00000100.